The van der Waals surface area contributed by atoms with Crippen LogP contribution in [0.2, 0.25) is 0 Å². The number of amides is 1. The number of carbonyl (C=O) groups is 1. The second-order valence-corrected chi connectivity index (χ2v) is 6.70. The van der Waals surface area contributed by atoms with Crippen LogP contribution in [0, 0.1) is 12.8 Å². The maximum atomic E-state index is 12.8. The van der Waals surface area contributed by atoms with Gasteiger partial charge in [0.15, 0.2) is 5.82 Å². The summed E-state index contributed by atoms with van der Waals surface area (Å²) >= 11 is 0. The van der Waals surface area contributed by atoms with E-state index in [0.29, 0.717) is 24.2 Å². The van der Waals surface area contributed by atoms with E-state index >= 15 is 0 Å². The van der Waals surface area contributed by atoms with Gasteiger partial charge in [-0.2, -0.15) is 10.1 Å². The molecule has 0 aromatic carbocycles. The molecule has 0 N–H and O–H groups in total. The lowest BCUT2D eigenvalue weighted by molar-refractivity contribution is -0.134. The number of carbonyl (C=O) groups excluding carboxylic acids is 1. The molecule has 122 valence electrons. The number of nitrogens with zero attached hydrogens (tertiary/aromatic N) is 5. The van der Waals surface area contributed by atoms with Crippen molar-refractivity contribution >= 4 is 5.91 Å². The molecule has 23 heavy (non-hydrogen) atoms. The van der Waals surface area contributed by atoms with Crippen LogP contribution in [0.25, 0.3) is 0 Å². The second kappa shape index (κ2) is 5.47. The summed E-state index contributed by atoms with van der Waals surface area (Å²) in [5.41, 5.74) is 1.17. The zero-order chi connectivity index (χ0) is 16.0. The molecule has 1 aliphatic carbocycles. The smallest absolute Gasteiger partial charge is 0.231 e. The molecular formula is C16H21N5O2. The van der Waals surface area contributed by atoms with E-state index in [1.54, 1.807) is 4.68 Å². The number of likely N-dealkylation sites (tertiary alicyclic amines) is 1. The topological polar surface area (TPSA) is 77.0 Å². The fourth-order valence-electron chi connectivity index (χ4n) is 3.56. The minimum absolute atomic E-state index is 0.113. The summed E-state index contributed by atoms with van der Waals surface area (Å²) in [5.74, 6) is 2.20. The Morgan fingerprint density at radius 2 is 2.30 bits per heavy atom. The molecule has 1 amide bonds. The van der Waals surface area contributed by atoms with Crippen molar-refractivity contribution in [1.82, 2.24) is 24.8 Å². The minimum Gasteiger partial charge on any atom is -0.342 e. The summed E-state index contributed by atoms with van der Waals surface area (Å²) in [4.78, 5) is 19.1. The third-order valence-corrected chi connectivity index (χ3v) is 4.89. The standard InChI is InChI=1S/C16H21N5O2/c1-10-18-15(23-19-10)11-4-3-5-21(9-11)16(22)14-6-13(14)12-7-17-20(2)8-12/h7-8,11,13-14H,3-6,9H2,1-2H3/t11-,13-,14-/m1/s1. The summed E-state index contributed by atoms with van der Waals surface area (Å²) in [6.07, 6.45) is 6.81. The predicted molar refractivity (Wildman–Crippen MR) is 81.6 cm³/mol. The van der Waals surface area contributed by atoms with Crippen molar-refractivity contribution in [3.63, 3.8) is 0 Å². The van der Waals surface area contributed by atoms with E-state index in [1.807, 2.05) is 31.3 Å². The molecule has 2 aromatic heterocycles. The molecule has 0 unspecified atom stereocenters. The van der Waals surface area contributed by atoms with Gasteiger partial charge in [-0.1, -0.05) is 5.16 Å². The van der Waals surface area contributed by atoms with Gasteiger partial charge in [0, 0.05) is 32.3 Å². The Hall–Kier alpha value is -2.18. The van der Waals surface area contributed by atoms with Crippen molar-refractivity contribution in [2.24, 2.45) is 13.0 Å². The monoisotopic (exact) mass is 315 g/mol. The third kappa shape index (κ3) is 2.75. The van der Waals surface area contributed by atoms with Crippen LogP contribution < -0.4 is 0 Å². The first-order valence-corrected chi connectivity index (χ1v) is 8.19. The molecule has 0 bridgehead atoms. The zero-order valence-electron chi connectivity index (χ0n) is 13.5. The second-order valence-electron chi connectivity index (χ2n) is 6.70. The molecule has 7 nitrogen and oxygen atoms in total. The van der Waals surface area contributed by atoms with Gasteiger partial charge in [-0.15, -0.1) is 0 Å². The number of rotatable bonds is 3. The predicted octanol–water partition coefficient (Wildman–Crippen LogP) is 1.62. The van der Waals surface area contributed by atoms with Crippen LogP contribution in [0.5, 0.6) is 0 Å². The lowest BCUT2D eigenvalue weighted by Gasteiger charge is -2.31. The summed E-state index contributed by atoms with van der Waals surface area (Å²) in [6.45, 7) is 3.34. The molecule has 3 atom stereocenters. The normalized spacial score (nSPS) is 27.2. The van der Waals surface area contributed by atoms with Crippen molar-refractivity contribution in [1.29, 1.82) is 0 Å². The van der Waals surface area contributed by atoms with Gasteiger partial charge in [-0.05, 0) is 37.7 Å². The summed E-state index contributed by atoms with van der Waals surface area (Å²) in [7, 11) is 1.91. The van der Waals surface area contributed by atoms with E-state index in [0.717, 1.165) is 25.8 Å². The Bertz CT molecular complexity index is 722. The first-order valence-electron chi connectivity index (χ1n) is 8.19. The van der Waals surface area contributed by atoms with E-state index in [9.17, 15) is 4.79 Å². The van der Waals surface area contributed by atoms with E-state index < -0.39 is 0 Å². The summed E-state index contributed by atoms with van der Waals surface area (Å²) < 4.78 is 7.09. The Morgan fingerprint density at radius 1 is 1.43 bits per heavy atom. The van der Waals surface area contributed by atoms with Gasteiger partial charge in [0.1, 0.15) is 0 Å². The van der Waals surface area contributed by atoms with Crippen LogP contribution in [0.15, 0.2) is 16.9 Å². The van der Waals surface area contributed by atoms with E-state index in [2.05, 4.69) is 15.2 Å². The fraction of sp³-hybridized carbons (Fsp3) is 0.625. The lowest BCUT2D eigenvalue weighted by atomic mass is 9.97. The number of piperidine rings is 1. The van der Waals surface area contributed by atoms with Gasteiger partial charge in [0.05, 0.1) is 12.1 Å². The molecule has 4 rings (SSSR count). The maximum absolute atomic E-state index is 12.8. The molecule has 2 fully saturated rings. The number of aromatic nitrogens is 4. The van der Waals surface area contributed by atoms with Gasteiger partial charge in [-0.25, -0.2) is 0 Å². The molecule has 2 aromatic rings. The molecule has 0 spiro atoms. The van der Waals surface area contributed by atoms with Crippen molar-refractivity contribution in [3.05, 3.63) is 29.7 Å². The number of hydrogen-bond donors (Lipinski definition) is 0. The maximum Gasteiger partial charge on any atom is 0.231 e. The van der Waals surface area contributed by atoms with Gasteiger partial charge in [-0.3, -0.25) is 9.48 Å². The average molecular weight is 315 g/mol. The highest BCUT2D eigenvalue weighted by atomic mass is 16.5. The molecule has 1 saturated heterocycles. The van der Waals surface area contributed by atoms with Crippen LogP contribution in [0.1, 0.15) is 48.4 Å². The third-order valence-electron chi connectivity index (χ3n) is 4.89. The van der Waals surface area contributed by atoms with E-state index in [-0.39, 0.29) is 17.7 Å². The highest BCUT2D eigenvalue weighted by Gasteiger charge is 2.47. The van der Waals surface area contributed by atoms with Gasteiger partial charge < -0.3 is 9.42 Å². The Balaban J connectivity index is 1.41. The number of aryl methyl sites for hydroxylation is 2. The number of hydrogen-bond acceptors (Lipinski definition) is 5. The van der Waals surface area contributed by atoms with E-state index in [1.165, 1.54) is 5.56 Å². The van der Waals surface area contributed by atoms with E-state index in [4.69, 9.17) is 4.52 Å². The molecule has 1 saturated carbocycles. The van der Waals surface area contributed by atoms with Crippen molar-refractivity contribution < 1.29 is 9.32 Å². The lowest BCUT2D eigenvalue weighted by Crippen LogP contribution is -2.40. The van der Waals surface area contributed by atoms with Crippen LogP contribution in [0.4, 0.5) is 0 Å². The Morgan fingerprint density at radius 3 is 3.00 bits per heavy atom. The fourth-order valence-corrected chi connectivity index (χ4v) is 3.56. The molecule has 0 radical (unpaired) electrons. The summed E-state index contributed by atoms with van der Waals surface area (Å²) in [6, 6.07) is 0. The van der Waals surface area contributed by atoms with Gasteiger partial charge in [0.2, 0.25) is 11.8 Å². The molecule has 7 heteroatoms. The first kappa shape index (κ1) is 14.4. The Labute approximate surface area is 134 Å². The quantitative estimate of drug-likeness (QED) is 0.860. The van der Waals surface area contributed by atoms with Crippen molar-refractivity contribution in [2.45, 2.75) is 38.0 Å². The first-order chi connectivity index (χ1) is 11.1. The van der Waals surface area contributed by atoms with Crippen molar-refractivity contribution in [2.75, 3.05) is 13.1 Å². The molecule has 3 heterocycles. The van der Waals surface area contributed by atoms with Gasteiger partial charge in [0.25, 0.3) is 0 Å². The zero-order valence-corrected chi connectivity index (χ0v) is 13.5. The Kier molecular flexibility index (Phi) is 3.43. The average Bonchev–Trinajstić information content (AvgIpc) is 3.04. The van der Waals surface area contributed by atoms with Crippen LogP contribution in [-0.4, -0.2) is 43.8 Å². The van der Waals surface area contributed by atoms with Gasteiger partial charge >= 0.3 is 0 Å². The SMILES string of the molecule is Cc1noc([C@@H]2CCCN(C(=O)[C@@H]3C[C@@H]3c3cnn(C)c3)C2)n1. The van der Waals surface area contributed by atoms with Crippen molar-refractivity contribution in [3.8, 4) is 0 Å². The molecule has 2 aliphatic rings. The molecular weight excluding hydrogens is 294 g/mol. The highest BCUT2D eigenvalue weighted by molar-refractivity contribution is 5.83. The molecule has 1 aliphatic heterocycles. The highest BCUT2D eigenvalue weighted by Crippen LogP contribution is 2.48. The minimum atomic E-state index is 0.113. The van der Waals surface area contributed by atoms with Crippen LogP contribution in [0.3, 0.4) is 0 Å². The summed E-state index contributed by atoms with van der Waals surface area (Å²) in [5, 5.41) is 8.07. The van der Waals surface area contributed by atoms with Crippen LogP contribution >= 0.6 is 0 Å². The largest absolute Gasteiger partial charge is 0.342 e. The van der Waals surface area contributed by atoms with Crippen LogP contribution in [-0.2, 0) is 11.8 Å².